The molecule has 0 aromatic heterocycles. The van der Waals surface area contributed by atoms with Crippen LogP contribution in [0.2, 0.25) is 0 Å². The van der Waals surface area contributed by atoms with Gasteiger partial charge < -0.3 is 9.64 Å². The van der Waals surface area contributed by atoms with E-state index in [1.807, 2.05) is 6.92 Å². The van der Waals surface area contributed by atoms with E-state index >= 15 is 0 Å². The molecule has 2 aromatic carbocycles. The third-order valence-electron chi connectivity index (χ3n) is 5.64. The number of hydrogen-bond acceptors (Lipinski definition) is 5. The Hall–Kier alpha value is -2.93. The highest BCUT2D eigenvalue weighted by Gasteiger charge is 2.43. The fourth-order valence-electron chi connectivity index (χ4n) is 4.03. The number of imide groups is 1. The summed E-state index contributed by atoms with van der Waals surface area (Å²) in [6.07, 6.45) is 1.12. The van der Waals surface area contributed by atoms with Crippen molar-refractivity contribution in [3.8, 4) is 5.75 Å². The second kappa shape index (κ2) is 8.83. The highest BCUT2D eigenvalue weighted by atomic mass is 19.1. The third-order valence-corrected chi connectivity index (χ3v) is 5.64. The van der Waals surface area contributed by atoms with Crippen LogP contribution in [0.4, 0.5) is 15.8 Å². The van der Waals surface area contributed by atoms with Crippen LogP contribution in [0.1, 0.15) is 19.8 Å². The van der Waals surface area contributed by atoms with Crippen molar-refractivity contribution in [2.45, 2.75) is 25.8 Å². The van der Waals surface area contributed by atoms with E-state index in [4.69, 9.17) is 4.74 Å². The van der Waals surface area contributed by atoms with Crippen LogP contribution in [-0.4, -0.2) is 55.5 Å². The van der Waals surface area contributed by atoms with Gasteiger partial charge >= 0.3 is 0 Å². The topological polar surface area (TPSA) is 53.1 Å². The molecular weight excluding hydrogens is 385 g/mol. The molecule has 2 aliphatic rings. The molecule has 1 unspecified atom stereocenters. The summed E-state index contributed by atoms with van der Waals surface area (Å²) in [6, 6.07) is 13.1. The summed E-state index contributed by atoms with van der Waals surface area (Å²) in [7, 11) is 0. The monoisotopic (exact) mass is 411 g/mol. The fraction of sp³-hybridized carbons (Fsp3) is 0.391. The van der Waals surface area contributed by atoms with Gasteiger partial charge in [-0.25, -0.2) is 9.29 Å². The summed E-state index contributed by atoms with van der Waals surface area (Å²) < 4.78 is 18.7. The van der Waals surface area contributed by atoms with Gasteiger partial charge in [-0.15, -0.1) is 0 Å². The number of benzene rings is 2. The maximum Gasteiger partial charge on any atom is 0.251 e. The summed E-state index contributed by atoms with van der Waals surface area (Å²) in [5, 5.41) is 0. The molecule has 2 aliphatic heterocycles. The lowest BCUT2D eigenvalue weighted by atomic mass is 10.1. The maximum atomic E-state index is 13.1. The van der Waals surface area contributed by atoms with Crippen LogP contribution in [0.15, 0.2) is 48.5 Å². The van der Waals surface area contributed by atoms with Crippen LogP contribution >= 0.6 is 0 Å². The van der Waals surface area contributed by atoms with Crippen molar-refractivity contribution in [3.63, 3.8) is 0 Å². The molecule has 0 bridgehead atoms. The zero-order chi connectivity index (χ0) is 21.1. The standard InChI is InChI=1S/C23H26FN3O3/c1-2-15-30-20-9-7-19(8-10-20)27-22(28)16-21(23(27)29)26-13-11-25(12-14-26)18-5-3-17(24)4-6-18/h3-10,21H,2,11-16H2,1H3. The Bertz CT molecular complexity index is 893. The Labute approximate surface area is 175 Å². The number of carbonyl (C=O) groups is 2. The molecule has 2 amide bonds. The molecular formula is C23H26FN3O3. The fourth-order valence-corrected chi connectivity index (χ4v) is 4.03. The molecule has 0 spiro atoms. The minimum absolute atomic E-state index is 0.169. The van der Waals surface area contributed by atoms with E-state index in [1.54, 1.807) is 36.4 Å². The normalized spacial score (nSPS) is 20.1. The molecule has 2 aromatic rings. The van der Waals surface area contributed by atoms with Gasteiger partial charge in [0.1, 0.15) is 11.6 Å². The quantitative estimate of drug-likeness (QED) is 0.684. The van der Waals surface area contributed by atoms with E-state index in [9.17, 15) is 14.0 Å². The number of piperazine rings is 1. The minimum Gasteiger partial charge on any atom is -0.494 e. The zero-order valence-corrected chi connectivity index (χ0v) is 17.1. The molecule has 1 atom stereocenters. The van der Waals surface area contributed by atoms with Crippen LogP contribution in [-0.2, 0) is 9.59 Å². The molecule has 7 heteroatoms. The Morgan fingerprint density at radius 3 is 2.20 bits per heavy atom. The van der Waals surface area contributed by atoms with Crippen LogP contribution < -0.4 is 14.5 Å². The highest BCUT2D eigenvalue weighted by molar-refractivity contribution is 6.22. The van der Waals surface area contributed by atoms with Gasteiger partial charge in [0, 0.05) is 31.9 Å². The molecule has 2 saturated heterocycles. The van der Waals surface area contributed by atoms with Crippen LogP contribution in [0.5, 0.6) is 5.75 Å². The van der Waals surface area contributed by atoms with E-state index in [-0.39, 0.29) is 24.1 Å². The number of halogens is 1. The number of ether oxygens (including phenoxy) is 1. The molecule has 30 heavy (non-hydrogen) atoms. The average Bonchev–Trinajstić information content (AvgIpc) is 3.07. The molecule has 2 fully saturated rings. The lowest BCUT2D eigenvalue weighted by Crippen LogP contribution is -2.52. The first kappa shape index (κ1) is 20.3. The predicted molar refractivity (Wildman–Crippen MR) is 113 cm³/mol. The summed E-state index contributed by atoms with van der Waals surface area (Å²) in [4.78, 5) is 31.2. The molecule has 6 nitrogen and oxygen atoms in total. The Kier molecular flexibility index (Phi) is 5.99. The van der Waals surface area contributed by atoms with Crippen molar-refractivity contribution in [2.24, 2.45) is 0 Å². The molecule has 2 heterocycles. The van der Waals surface area contributed by atoms with Gasteiger partial charge in [0.2, 0.25) is 5.91 Å². The van der Waals surface area contributed by atoms with Gasteiger partial charge in [-0.2, -0.15) is 0 Å². The second-order valence-corrected chi connectivity index (χ2v) is 7.63. The van der Waals surface area contributed by atoms with E-state index < -0.39 is 6.04 Å². The van der Waals surface area contributed by atoms with Crippen LogP contribution in [0.3, 0.4) is 0 Å². The number of carbonyl (C=O) groups excluding carboxylic acids is 2. The minimum atomic E-state index is -0.427. The Balaban J connectivity index is 1.39. The van der Waals surface area contributed by atoms with Gasteiger partial charge in [0.15, 0.2) is 0 Å². The lowest BCUT2D eigenvalue weighted by Gasteiger charge is -2.38. The van der Waals surface area contributed by atoms with Crippen molar-refractivity contribution in [1.82, 2.24) is 4.90 Å². The average molecular weight is 411 g/mol. The van der Waals surface area contributed by atoms with Gasteiger partial charge in [-0.1, -0.05) is 6.92 Å². The number of hydrogen-bond donors (Lipinski definition) is 0. The first-order valence-electron chi connectivity index (χ1n) is 10.4. The first-order valence-corrected chi connectivity index (χ1v) is 10.4. The highest BCUT2D eigenvalue weighted by Crippen LogP contribution is 2.28. The van der Waals surface area contributed by atoms with E-state index in [1.165, 1.54) is 17.0 Å². The van der Waals surface area contributed by atoms with Crippen molar-refractivity contribution in [3.05, 3.63) is 54.3 Å². The largest absolute Gasteiger partial charge is 0.494 e. The van der Waals surface area contributed by atoms with Crippen molar-refractivity contribution >= 4 is 23.2 Å². The Morgan fingerprint density at radius 2 is 1.57 bits per heavy atom. The van der Waals surface area contributed by atoms with E-state index in [2.05, 4.69) is 9.80 Å². The van der Waals surface area contributed by atoms with Crippen molar-refractivity contribution in [2.75, 3.05) is 42.6 Å². The van der Waals surface area contributed by atoms with Gasteiger partial charge in [-0.05, 0) is 55.0 Å². The second-order valence-electron chi connectivity index (χ2n) is 7.63. The van der Waals surface area contributed by atoms with E-state index in [0.717, 1.165) is 30.9 Å². The number of nitrogens with zero attached hydrogens (tertiary/aromatic N) is 3. The van der Waals surface area contributed by atoms with E-state index in [0.29, 0.717) is 25.4 Å². The molecule has 0 aliphatic carbocycles. The van der Waals surface area contributed by atoms with Gasteiger partial charge in [0.05, 0.1) is 24.8 Å². The van der Waals surface area contributed by atoms with Crippen LogP contribution in [0, 0.1) is 5.82 Å². The first-order chi connectivity index (χ1) is 14.6. The van der Waals surface area contributed by atoms with Crippen LogP contribution in [0.25, 0.3) is 0 Å². The summed E-state index contributed by atoms with van der Waals surface area (Å²) >= 11 is 0. The zero-order valence-electron chi connectivity index (χ0n) is 17.1. The maximum absolute atomic E-state index is 13.1. The molecule has 0 radical (unpaired) electrons. The lowest BCUT2D eigenvalue weighted by molar-refractivity contribution is -0.123. The van der Waals surface area contributed by atoms with Crippen molar-refractivity contribution < 1.29 is 18.7 Å². The summed E-state index contributed by atoms with van der Waals surface area (Å²) in [6.45, 7) is 5.49. The number of rotatable bonds is 6. The Morgan fingerprint density at radius 1 is 0.933 bits per heavy atom. The predicted octanol–water partition coefficient (Wildman–Crippen LogP) is 3.07. The SMILES string of the molecule is CCCOc1ccc(N2C(=O)CC(N3CCN(c4ccc(F)cc4)CC3)C2=O)cc1. The van der Waals surface area contributed by atoms with Crippen molar-refractivity contribution in [1.29, 1.82) is 0 Å². The number of amides is 2. The molecule has 158 valence electrons. The number of anilines is 2. The summed E-state index contributed by atoms with van der Waals surface area (Å²) in [5.74, 6) is 0.135. The van der Waals surface area contributed by atoms with Gasteiger partial charge in [0.25, 0.3) is 5.91 Å². The van der Waals surface area contributed by atoms with Gasteiger partial charge in [-0.3, -0.25) is 14.5 Å². The molecule has 0 saturated carbocycles. The molecule has 4 rings (SSSR count). The smallest absolute Gasteiger partial charge is 0.251 e. The molecule has 0 N–H and O–H groups in total. The summed E-state index contributed by atoms with van der Waals surface area (Å²) in [5.41, 5.74) is 1.55. The third kappa shape index (κ3) is 4.16.